The molecule has 0 aromatic heterocycles. The van der Waals surface area contributed by atoms with Crippen molar-refractivity contribution in [2.45, 2.75) is 45.1 Å². The highest BCUT2D eigenvalue weighted by Gasteiger charge is 2.33. The summed E-state index contributed by atoms with van der Waals surface area (Å²) < 4.78 is 0. The molecule has 0 aliphatic heterocycles. The molecule has 0 bridgehead atoms. The third kappa shape index (κ3) is 3.04. The van der Waals surface area contributed by atoms with Crippen molar-refractivity contribution in [1.29, 1.82) is 0 Å². The highest BCUT2D eigenvalue weighted by atomic mass is 16.2. The Kier molecular flexibility index (Phi) is 4.28. The molecular formula is C18H20N2O3. The smallest absolute Gasteiger partial charge is 0.221 e. The number of benzene rings is 1. The van der Waals surface area contributed by atoms with Crippen LogP contribution in [0.1, 0.15) is 59.7 Å². The second-order valence-electron chi connectivity index (χ2n) is 6.11. The predicted octanol–water partition coefficient (Wildman–Crippen LogP) is 2.34. The van der Waals surface area contributed by atoms with Gasteiger partial charge in [-0.1, -0.05) is 43.5 Å². The summed E-state index contributed by atoms with van der Waals surface area (Å²) in [6, 6.07) is 6.91. The molecule has 1 saturated carbocycles. The van der Waals surface area contributed by atoms with Crippen molar-refractivity contribution in [2.75, 3.05) is 0 Å². The standard InChI is InChI=1S/C18H20N2O3/c1-11(21)19-15-16(20-12-7-3-2-4-8-12)18(23)14-10-6-5-9-13(14)17(15)22/h5-6,9-10,12,20H,2-4,7-8H2,1H3,(H,19,21). The Morgan fingerprint density at radius 1 is 0.957 bits per heavy atom. The van der Waals surface area contributed by atoms with E-state index >= 15 is 0 Å². The van der Waals surface area contributed by atoms with Crippen LogP contribution in [0.5, 0.6) is 0 Å². The minimum absolute atomic E-state index is 0.0757. The van der Waals surface area contributed by atoms with Crippen molar-refractivity contribution in [3.8, 4) is 0 Å². The van der Waals surface area contributed by atoms with Gasteiger partial charge in [-0.2, -0.15) is 0 Å². The van der Waals surface area contributed by atoms with Crippen molar-refractivity contribution in [3.05, 3.63) is 46.8 Å². The number of ketones is 2. The predicted molar refractivity (Wildman–Crippen MR) is 86.0 cm³/mol. The van der Waals surface area contributed by atoms with Crippen LogP contribution in [-0.2, 0) is 4.79 Å². The number of hydrogen-bond acceptors (Lipinski definition) is 4. The first-order chi connectivity index (χ1) is 11.1. The van der Waals surface area contributed by atoms with Gasteiger partial charge in [0.15, 0.2) is 0 Å². The van der Waals surface area contributed by atoms with Crippen LogP contribution < -0.4 is 10.6 Å². The second-order valence-corrected chi connectivity index (χ2v) is 6.11. The minimum atomic E-state index is -0.358. The number of hydrogen-bond donors (Lipinski definition) is 2. The van der Waals surface area contributed by atoms with Gasteiger partial charge in [0.25, 0.3) is 0 Å². The second kappa shape index (κ2) is 6.36. The Hall–Kier alpha value is -2.43. The maximum absolute atomic E-state index is 12.8. The SMILES string of the molecule is CC(=O)NC1=C(NC2CCCCC2)C(=O)c2ccccc2C1=O. The van der Waals surface area contributed by atoms with Gasteiger partial charge in [0, 0.05) is 24.1 Å². The highest BCUT2D eigenvalue weighted by molar-refractivity contribution is 6.27. The molecule has 0 atom stereocenters. The van der Waals surface area contributed by atoms with E-state index in [1.165, 1.54) is 13.3 Å². The van der Waals surface area contributed by atoms with Gasteiger partial charge >= 0.3 is 0 Å². The number of rotatable bonds is 3. The largest absolute Gasteiger partial charge is 0.377 e. The van der Waals surface area contributed by atoms with Crippen molar-refractivity contribution in [1.82, 2.24) is 10.6 Å². The van der Waals surface area contributed by atoms with Crippen molar-refractivity contribution in [3.63, 3.8) is 0 Å². The summed E-state index contributed by atoms with van der Waals surface area (Å²) in [5, 5.41) is 5.78. The molecule has 0 spiro atoms. The van der Waals surface area contributed by atoms with Crippen molar-refractivity contribution < 1.29 is 14.4 Å². The molecule has 2 aliphatic rings. The monoisotopic (exact) mass is 312 g/mol. The topological polar surface area (TPSA) is 75.3 Å². The Morgan fingerprint density at radius 3 is 2.09 bits per heavy atom. The number of Topliss-reactive ketones (excluding diaryl/α,β-unsaturated/α-hetero) is 2. The van der Waals surface area contributed by atoms with Gasteiger partial charge in [-0.05, 0) is 12.8 Å². The molecule has 5 heteroatoms. The van der Waals surface area contributed by atoms with E-state index in [1.54, 1.807) is 24.3 Å². The van der Waals surface area contributed by atoms with Gasteiger partial charge in [-0.15, -0.1) is 0 Å². The summed E-state index contributed by atoms with van der Waals surface area (Å²) in [7, 11) is 0. The zero-order chi connectivity index (χ0) is 16.4. The molecule has 1 fully saturated rings. The summed E-state index contributed by atoms with van der Waals surface area (Å²) in [5.74, 6) is -0.897. The summed E-state index contributed by atoms with van der Waals surface area (Å²) in [6.07, 6.45) is 5.36. The van der Waals surface area contributed by atoms with Crippen LogP contribution in [0.3, 0.4) is 0 Å². The molecule has 0 radical (unpaired) electrons. The molecule has 0 saturated heterocycles. The van der Waals surface area contributed by atoms with Gasteiger partial charge in [-0.3, -0.25) is 14.4 Å². The van der Waals surface area contributed by atoms with Gasteiger partial charge in [0.1, 0.15) is 11.4 Å². The van der Waals surface area contributed by atoms with Gasteiger partial charge in [0.2, 0.25) is 17.5 Å². The van der Waals surface area contributed by atoms with Gasteiger partial charge in [-0.25, -0.2) is 0 Å². The third-order valence-electron chi connectivity index (χ3n) is 4.38. The quantitative estimate of drug-likeness (QED) is 0.898. The summed E-state index contributed by atoms with van der Waals surface area (Å²) in [6.45, 7) is 1.34. The van der Waals surface area contributed by atoms with E-state index in [0.29, 0.717) is 11.1 Å². The average Bonchev–Trinajstić information content (AvgIpc) is 2.56. The summed E-state index contributed by atoms with van der Waals surface area (Å²) in [4.78, 5) is 37.0. The van der Waals surface area contributed by atoms with Crippen molar-refractivity contribution >= 4 is 17.5 Å². The maximum atomic E-state index is 12.8. The van der Waals surface area contributed by atoms with E-state index in [-0.39, 0.29) is 34.9 Å². The Balaban J connectivity index is 2.00. The third-order valence-corrected chi connectivity index (χ3v) is 4.38. The van der Waals surface area contributed by atoms with Crippen molar-refractivity contribution in [2.24, 2.45) is 0 Å². The van der Waals surface area contributed by atoms with E-state index in [4.69, 9.17) is 0 Å². The fourth-order valence-electron chi connectivity index (χ4n) is 3.26. The molecule has 0 heterocycles. The molecule has 23 heavy (non-hydrogen) atoms. The number of allylic oxidation sites excluding steroid dienone is 2. The number of carbonyl (C=O) groups excluding carboxylic acids is 3. The first kappa shape index (κ1) is 15.5. The molecule has 2 aliphatic carbocycles. The van der Waals surface area contributed by atoms with E-state index < -0.39 is 0 Å². The van der Waals surface area contributed by atoms with E-state index in [1.807, 2.05) is 0 Å². The zero-order valence-corrected chi connectivity index (χ0v) is 13.1. The average molecular weight is 312 g/mol. The van der Waals surface area contributed by atoms with E-state index in [0.717, 1.165) is 25.7 Å². The first-order valence-corrected chi connectivity index (χ1v) is 8.04. The molecule has 5 nitrogen and oxygen atoms in total. The lowest BCUT2D eigenvalue weighted by atomic mass is 9.88. The molecule has 1 aromatic rings. The zero-order valence-electron chi connectivity index (χ0n) is 13.1. The van der Waals surface area contributed by atoms with E-state index in [9.17, 15) is 14.4 Å². The molecular weight excluding hydrogens is 292 g/mol. The Bertz CT molecular complexity index is 700. The van der Waals surface area contributed by atoms with Gasteiger partial charge in [0.05, 0.1) is 0 Å². The summed E-state index contributed by atoms with van der Waals surface area (Å²) >= 11 is 0. The fourth-order valence-corrected chi connectivity index (χ4v) is 3.26. The fraction of sp³-hybridized carbons (Fsp3) is 0.389. The van der Waals surface area contributed by atoms with Crippen LogP contribution in [0.4, 0.5) is 0 Å². The lowest BCUT2D eigenvalue weighted by Crippen LogP contribution is -2.41. The number of nitrogens with one attached hydrogen (secondary N) is 2. The lowest BCUT2D eigenvalue weighted by molar-refractivity contribution is -0.118. The van der Waals surface area contributed by atoms with E-state index in [2.05, 4.69) is 10.6 Å². The normalized spacial score (nSPS) is 18.7. The molecule has 1 amide bonds. The van der Waals surface area contributed by atoms with Crippen LogP contribution in [-0.4, -0.2) is 23.5 Å². The lowest BCUT2D eigenvalue weighted by Gasteiger charge is -2.28. The Labute approximate surface area is 135 Å². The van der Waals surface area contributed by atoms with Crippen LogP contribution in [0.2, 0.25) is 0 Å². The van der Waals surface area contributed by atoms with Crippen LogP contribution in [0.15, 0.2) is 35.7 Å². The van der Waals surface area contributed by atoms with Gasteiger partial charge < -0.3 is 10.6 Å². The molecule has 1 aromatic carbocycles. The number of carbonyl (C=O) groups is 3. The molecule has 3 rings (SSSR count). The highest BCUT2D eigenvalue weighted by Crippen LogP contribution is 2.26. The first-order valence-electron chi connectivity index (χ1n) is 8.04. The number of amides is 1. The molecule has 0 unspecified atom stereocenters. The minimum Gasteiger partial charge on any atom is -0.377 e. The van der Waals surface area contributed by atoms with Crippen LogP contribution >= 0.6 is 0 Å². The van der Waals surface area contributed by atoms with Crippen LogP contribution in [0, 0.1) is 0 Å². The Morgan fingerprint density at radius 2 is 1.52 bits per heavy atom. The maximum Gasteiger partial charge on any atom is 0.221 e. The molecule has 120 valence electrons. The summed E-state index contributed by atoms with van der Waals surface area (Å²) in [5.41, 5.74) is 1.04. The van der Waals surface area contributed by atoms with Crippen LogP contribution in [0.25, 0.3) is 0 Å². The molecule has 2 N–H and O–H groups in total. The number of fused-ring (bicyclic) bond motifs is 1.